The van der Waals surface area contributed by atoms with Crippen molar-refractivity contribution in [3.8, 4) is 0 Å². The molecule has 108 valence electrons. The molecule has 1 rings (SSSR count). The van der Waals surface area contributed by atoms with E-state index in [1.165, 1.54) is 14.0 Å². The number of benzene rings is 1. The van der Waals surface area contributed by atoms with E-state index >= 15 is 0 Å². The number of ketones is 2. The fraction of sp³-hybridized carbons (Fsp3) is 0.438. The molecule has 0 bridgehead atoms. The van der Waals surface area contributed by atoms with Crippen molar-refractivity contribution < 1.29 is 19.1 Å². The number of ether oxygens (including phenoxy) is 1. The molecule has 0 aliphatic rings. The van der Waals surface area contributed by atoms with Gasteiger partial charge in [-0.2, -0.15) is 0 Å². The van der Waals surface area contributed by atoms with Crippen LogP contribution in [0.15, 0.2) is 24.3 Å². The molecule has 0 aromatic heterocycles. The van der Waals surface area contributed by atoms with E-state index < -0.39 is 11.4 Å². The van der Waals surface area contributed by atoms with Crippen molar-refractivity contribution in [3.63, 3.8) is 0 Å². The predicted molar refractivity (Wildman–Crippen MR) is 75.5 cm³/mol. The van der Waals surface area contributed by atoms with Crippen molar-refractivity contribution >= 4 is 17.5 Å². The lowest BCUT2D eigenvalue weighted by Crippen LogP contribution is -2.40. The van der Waals surface area contributed by atoms with Crippen LogP contribution in [-0.2, 0) is 14.3 Å². The van der Waals surface area contributed by atoms with Crippen molar-refractivity contribution in [2.75, 3.05) is 7.11 Å². The van der Waals surface area contributed by atoms with E-state index in [1.54, 1.807) is 19.1 Å². The highest BCUT2D eigenvalue weighted by Gasteiger charge is 2.44. The maximum atomic E-state index is 12.3. The van der Waals surface area contributed by atoms with Gasteiger partial charge < -0.3 is 4.74 Å². The van der Waals surface area contributed by atoms with Gasteiger partial charge in [-0.25, -0.2) is 0 Å². The number of aryl methyl sites for hydroxylation is 1. The quantitative estimate of drug-likeness (QED) is 0.455. The second kappa shape index (κ2) is 6.46. The summed E-state index contributed by atoms with van der Waals surface area (Å²) in [4.78, 5) is 36.1. The molecule has 1 aromatic rings. The van der Waals surface area contributed by atoms with Gasteiger partial charge in [-0.05, 0) is 20.3 Å². The van der Waals surface area contributed by atoms with Crippen LogP contribution in [0.5, 0.6) is 0 Å². The summed E-state index contributed by atoms with van der Waals surface area (Å²) in [5.74, 6) is -1.22. The summed E-state index contributed by atoms with van der Waals surface area (Å²) in [6, 6.07) is 7.06. The molecule has 0 saturated carbocycles. The van der Waals surface area contributed by atoms with Crippen LogP contribution < -0.4 is 0 Å². The average molecular weight is 276 g/mol. The van der Waals surface area contributed by atoms with E-state index in [0.29, 0.717) is 5.56 Å². The molecule has 4 heteroatoms. The number of carbonyl (C=O) groups is 3. The Morgan fingerprint density at radius 1 is 1.15 bits per heavy atom. The highest BCUT2D eigenvalue weighted by Crippen LogP contribution is 2.31. The Balaban J connectivity index is 3.07. The SMILES string of the molecule is CC[C@](CC(=O)c1ccc(C)cc1)(C(C)=O)C(=O)OC. The molecule has 1 atom stereocenters. The van der Waals surface area contributed by atoms with Crippen LogP contribution in [0.25, 0.3) is 0 Å². The number of Topliss-reactive ketones (excluding diaryl/α,β-unsaturated/α-hetero) is 2. The number of esters is 1. The minimum absolute atomic E-state index is 0.158. The molecule has 4 nitrogen and oxygen atoms in total. The summed E-state index contributed by atoms with van der Waals surface area (Å²) in [6.07, 6.45) is 0.0845. The Labute approximate surface area is 119 Å². The zero-order valence-corrected chi connectivity index (χ0v) is 12.4. The van der Waals surface area contributed by atoms with Crippen LogP contribution in [0.3, 0.4) is 0 Å². The minimum Gasteiger partial charge on any atom is -0.468 e. The monoisotopic (exact) mass is 276 g/mol. The van der Waals surface area contributed by atoms with Crippen LogP contribution in [-0.4, -0.2) is 24.6 Å². The minimum atomic E-state index is -1.38. The third-order valence-corrected chi connectivity index (χ3v) is 3.69. The Morgan fingerprint density at radius 3 is 2.10 bits per heavy atom. The first-order valence-electron chi connectivity index (χ1n) is 6.56. The molecule has 0 aliphatic heterocycles. The molecule has 20 heavy (non-hydrogen) atoms. The third-order valence-electron chi connectivity index (χ3n) is 3.69. The second-order valence-electron chi connectivity index (χ2n) is 4.95. The first kappa shape index (κ1) is 16.1. The smallest absolute Gasteiger partial charge is 0.319 e. The standard InChI is InChI=1S/C16H20O4/c1-5-16(12(3)17,15(19)20-4)10-14(18)13-8-6-11(2)7-9-13/h6-9H,5,10H2,1-4H3/t16-/m0/s1. The lowest BCUT2D eigenvalue weighted by Gasteiger charge is -2.26. The van der Waals surface area contributed by atoms with Gasteiger partial charge in [-0.15, -0.1) is 0 Å². The Bertz CT molecular complexity index is 516. The first-order valence-corrected chi connectivity index (χ1v) is 6.56. The highest BCUT2D eigenvalue weighted by molar-refractivity contribution is 6.09. The molecule has 0 aliphatic carbocycles. The second-order valence-corrected chi connectivity index (χ2v) is 4.95. The van der Waals surface area contributed by atoms with Crippen LogP contribution >= 0.6 is 0 Å². The van der Waals surface area contributed by atoms with E-state index in [1.807, 2.05) is 19.1 Å². The molecule has 0 radical (unpaired) electrons. The van der Waals surface area contributed by atoms with Gasteiger partial charge in [-0.3, -0.25) is 14.4 Å². The molecule has 0 amide bonds. The van der Waals surface area contributed by atoms with Crippen LogP contribution in [0.4, 0.5) is 0 Å². The Hall–Kier alpha value is -1.97. The maximum Gasteiger partial charge on any atom is 0.319 e. The fourth-order valence-electron chi connectivity index (χ4n) is 2.17. The normalized spacial score (nSPS) is 13.4. The fourth-order valence-corrected chi connectivity index (χ4v) is 2.17. The van der Waals surface area contributed by atoms with Crippen molar-refractivity contribution in [1.82, 2.24) is 0 Å². The Morgan fingerprint density at radius 2 is 1.70 bits per heavy atom. The summed E-state index contributed by atoms with van der Waals surface area (Å²) in [7, 11) is 1.23. The summed E-state index contributed by atoms with van der Waals surface area (Å²) in [5, 5.41) is 0. The highest BCUT2D eigenvalue weighted by atomic mass is 16.5. The van der Waals surface area contributed by atoms with E-state index in [4.69, 9.17) is 4.74 Å². The zero-order chi connectivity index (χ0) is 15.3. The van der Waals surface area contributed by atoms with E-state index in [0.717, 1.165) is 5.56 Å². The van der Waals surface area contributed by atoms with Crippen LogP contribution in [0, 0.1) is 12.3 Å². The maximum absolute atomic E-state index is 12.3. The molecule has 0 heterocycles. The van der Waals surface area contributed by atoms with Gasteiger partial charge in [0.25, 0.3) is 0 Å². The summed E-state index contributed by atoms with van der Waals surface area (Å²) in [5.41, 5.74) is 0.165. The van der Waals surface area contributed by atoms with Gasteiger partial charge in [-0.1, -0.05) is 36.8 Å². The summed E-state index contributed by atoms with van der Waals surface area (Å²) in [6.45, 7) is 4.96. The molecule has 0 fully saturated rings. The molecule has 0 saturated heterocycles. The molecule has 1 aromatic carbocycles. The van der Waals surface area contributed by atoms with Gasteiger partial charge in [0, 0.05) is 12.0 Å². The molecular formula is C16H20O4. The van der Waals surface area contributed by atoms with Crippen LogP contribution in [0.1, 0.15) is 42.6 Å². The molecule has 0 unspecified atom stereocenters. The number of hydrogen-bond acceptors (Lipinski definition) is 4. The van der Waals surface area contributed by atoms with E-state index in [2.05, 4.69) is 0 Å². The van der Waals surface area contributed by atoms with Gasteiger partial charge >= 0.3 is 5.97 Å². The van der Waals surface area contributed by atoms with Crippen molar-refractivity contribution in [2.45, 2.75) is 33.6 Å². The zero-order valence-electron chi connectivity index (χ0n) is 12.4. The summed E-state index contributed by atoms with van der Waals surface area (Å²) < 4.78 is 4.71. The average Bonchev–Trinajstić information content (AvgIpc) is 2.44. The third kappa shape index (κ3) is 3.13. The topological polar surface area (TPSA) is 60.4 Å². The molecule has 0 N–H and O–H groups in total. The van der Waals surface area contributed by atoms with Crippen molar-refractivity contribution in [2.24, 2.45) is 5.41 Å². The van der Waals surface area contributed by atoms with Gasteiger partial charge in [0.15, 0.2) is 5.78 Å². The molecule has 0 spiro atoms. The lowest BCUT2D eigenvalue weighted by molar-refractivity contribution is -0.157. The van der Waals surface area contributed by atoms with Crippen LogP contribution in [0.2, 0.25) is 0 Å². The Kier molecular flexibility index (Phi) is 5.19. The number of carbonyl (C=O) groups excluding carboxylic acids is 3. The van der Waals surface area contributed by atoms with Gasteiger partial charge in [0.05, 0.1) is 7.11 Å². The van der Waals surface area contributed by atoms with Crippen molar-refractivity contribution in [1.29, 1.82) is 0 Å². The number of hydrogen-bond donors (Lipinski definition) is 0. The van der Waals surface area contributed by atoms with Crippen molar-refractivity contribution in [3.05, 3.63) is 35.4 Å². The molecular weight excluding hydrogens is 256 g/mol. The van der Waals surface area contributed by atoms with Gasteiger partial charge in [0.2, 0.25) is 0 Å². The van der Waals surface area contributed by atoms with Gasteiger partial charge in [0.1, 0.15) is 11.2 Å². The lowest BCUT2D eigenvalue weighted by atomic mass is 9.76. The number of rotatable bonds is 6. The predicted octanol–water partition coefficient (Wildman–Crippen LogP) is 2.73. The van der Waals surface area contributed by atoms with E-state index in [9.17, 15) is 14.4 Å². The number of methoxy groups -OCH3 is 1. The van der Waals surface area contributed by atoms with E-state index in [-0.39, 0.29) is 24.4 Å². The summed E-state index contributed by atoms with van der Waals surface area (Å²) >= 11 is 0. The largest absolute Gasteiger partial charge is 0.468 e. The first-order chi connectivity index (χ1) is 9.37.